The molecule has 0 spiro atoms. The van der Waals surface area contributed by atoms with Crippen LogP contribution in [0.4, 0.5) is 0 Å². The maximum atomic E-state index is 12.7. The molecule has 5 nitrogen and oxygen atoms in total. The molecule has 1 aromatic heterocycles. The Kier molecular flexibility index (Phi) is 4.60. The average molecular weight is 323 g/mol. The number of aryl methyl sites for hydroxylation is 2. The molecule has 2 aromatic rings. The predicted octanol–water partition coefficient (Wildman–Crippen LogP) is 1.88. The first-order chi connectivity index (χ1) is 11.5. The lowest BCUT2D eigenvalue weighted by molar-refractivity contribution is -0.124. The molecule has 1 aliphatic heterocycles. The number of pyridine rings is 1. The number of nitrogens with zero attached hydrogens (tertiary/aromatic N) is 2. The number of amides is 2. The van der Waals surface area contributed by atoms with E-state index in [4.69, 9.17) is 0 Å². The molecule has 1 aliphatic rings. The third-order valence-electron chi connectivity index (χ3n) is 4.34. The highest BCUT2D eigenvalue weighted by Crippen LogP contribution is 2.13. The molecule has 0 unspecified atom stereocenters. The van der Waals surface area contributed by atoms with Crippen LogP contribution in [-0.4, -0.2) is 40.8 Å². The van der Waals surface area contributed by atoms with E-state index in [2.05, 4.69) is 10.3 Å². The van der Waals surface area contributed by atoms with Crippen molar-refractivity contribution in [3.63, 3.8) is 0 Å². The average Bonchev–Trinajstić information content (AvgIpc) is 2.57. The summed E-state index contributed by atoms with van der Waals surface area (Å²) in [7, 11) is 0. The maximum Gasteiger partial charge on any atom is 0.255 e. The van der Waals surface area contributed by atoms with Gasteiger partial charge in [0.2, 0.25) is 5.91 Å². The van der Waals surface area contributed by atoms with Gasteiger partial charge < -0.3 is 10.2 Å². The van der Waals surface area contributed by atoms with Crippen molar-refractivity contribution in [1.82, 2.24) is 15.2 Å². The molecule has 0 saturated carbocycles. The molecule has 1 N–H and O–H groups in total. The third-order valence-corrected chi connectivity index (χ3v) is 4.34. The van der Waals surface area contributed by atoms with E-state index in [1.165, 1.54) is 0 Å². The minimum atomic E-state index is -0.140. The van der Waals surface area contributed by atoms with E-state index < -0.39 is 0 Å². The number of hydrogen-bond acceptors (Lipinski definition) is 3. The number of piperazine rings is 1. The van der Waals surface area contributed by atoms with Crippen molar-refractivity contribution >= 4 is 11.8 Å². The Morgan fingerprint density at radius 2 is 2.04 bits per heavy atom. The fourth-order valence-corrected chi connectivity index (χ4v) is 2.93. The smallest absolute Gasteiger partial charge is 0.255 e. The Labute approximate surface area is 141 Å². The van der Waals surface area contributed by atoms with Gasteiger partial charge in [0.05, 0.1) is 18.2 Å². The molecule has 1 saturated heterocycles. The van der Waals surface area contributed by atoms with Gasteiger partial charge in [-0.3, -0.25) is 14.6 Å². The molecule has 2 heterocycles. The summed E-state index contributed by atoms with van der Waals surface area (Å²) in [4.78, 5) is 30.6. The molecule has 0 radical (unpaired) electrons. The van der Waals surface area contributed by atoms with Crippen LogP contribution >= 0.6 is 0 Å². The zero-order valence-corrected chi connectivity index (χ0v) is 14.0. The van der Waals surface area contributed by atoms with Crippen LogP contribution in [0.3, 0.4) is 0 Å². The molecule has 1 atom stereocenters. The second-order valence-corrected chi connectivity index (χ2v) is 6.27. The van der Waals surface area contributed by atoms with Crippen LogP contribution in [0.2, 0.25) is 0 Å². The summed E-state index contributed by atoms with van der Waals surface area (Å²) in [6, 6.07) is 11.7. The van der Waals surface area contributed by atoms with Crippen molar-refractivity contribution < 1.29 is 9.59 Å². The van der Waals surface area contributed by atoms with E-state index >= 15 is 0 Å². The lowest BCUT2D eigenvalue weighted by Crippen LogP contribution is -2.56. The van der Waals surface area contributed by atoms with Crippen LogP contribution in [-0.2, 0) is 11.2 Å². The number of aromatic nitrogens is 1. The normalized spacial score (nSPS) is 17.5. The van der Waals surface area contributed by atoms with E-state index in [1.807, 2.05) is 50.2 Å². The molecular formula is C19H21N3O2. The lowest BCUT2D eigenvalue weighted by Gasteiger charge is -2.33. The minimum absolute atomic E-state index is 0.0721. The lowest BCUT2D eigenvalue weighted by atomic mass is 10.0. The largest absolute Gasteiger partial charge is 0.350 e. The van der Waals surface area contributed by atoms with Crippen LogP contribution in [0.5, 0.6) is 0 Å². The highest BCUT2D eigenvalue weighted by Gasteiger charge is 2.28. The highest BCUT2D eigenvalue weighted by molar-refractivity contribution is 5.97. The van der Waals surface area contributed by atoms with Gasteiger partial charge in [0, 0.05) is 18.4 Å². The summed E-state index contributed by atoms with van der Waals surface area (Å²) in [5.74, 6) is -0.258. The van der Waals surface area contributed by atoms with Crippen molar-refractivity contribution in [3.05, 3.63) is 65.0 Å². The summed E-state index contributed by atoms with van der Waals surface area (Å²) >= 11 is 0. The van der Waals surface area contributed by atoms with E-state index in [0.717, 1.165) is 16.8 Å². The molecule has 24 heavy (non-hydrogen) atoms. The van der Waals surface area contributed by atoms with Crippen molar-refractivity contribution in [3.8, 4) is 0 Å². The SMILES string of the molecule is Cc1cc(C(=O)N2CC(=O)N[C@@H](Cc3ccccc3)C2)cnc1C. The second kappa shape index (κ2) is 6.83. The van der Waals surface area contributed by atoms with Gasteiger partial charge in [-0.2, -0.15) is 0 Å². The maximum absolute atomic E-state index is 12.7. The zero-order valence-electron chi connectivity index (χ0n) is 14.0. The fraction of sp³-hybridized carbons (Fsp3) is 0.316. The first-order valence-corrected chi connectivity index (χ1v) is 8.09. The van der Waals surface area contributed by atoms with Gasteiger partial charge in [-0.05, 0) is 37.5 Å². The van der Waals surface area contributed by atoms with E-state index in [0.29, 0.717) is 18.5 Å². The van der Waals surface area contributed by atoms with Gasteiger partial charge in [-0.1, -0.05) is 30.3 Å². The van der Waals surface area contributed by atoms with E-state index in [9.17, 15) is 9.59 Å². The monoisotopic (exact) mass is 323 g/mol. The number of benzene rings is 1. The van der Waals surface area contributed by atoms with Crippen LogP contribution < -0.4 is 5.32 Å². The van der Waals surface area contributed by atoms with Gasteiger partial charge in [0.1, 0.15) is 0 Å². The Hall–Kier alpha value is -2.69. The topological polar surface area (TPSA) is 62.3 Å². The fourth-order valence-electron chi connectivity index (χ4n) is 2.93. The molecule has 1 aromatic carbocycles. The Morgan fingerprint density at radius 1 is 1.29 bits per heavy atom. The van der Waals surface area contributed by atoms with Crippen molar-refractivity contribution in [2.75, 3.05) is 13.1 Å². The van der Waals surface area contributed by atoms with Gasteiger partial charge in [0.25, 0.3) is 5.91 Å². The third kappa shape index (κ3) is 3.62. The molecule has 2 amide bonds. The number of nitrogens with one attached hydrogen (secondary N) is 1. The van der Waals surface area contributed by atoms with Crippen LogP contribution in [0.1, 0.15) is 27.2 Å². The standard InChI is InChI=1S/C19H21N3O2/c1-13-8-16(10-20-14(13)2)19(24)22-11-17(21-18(23)12-22)9-15-6-4-3-5-7-15/h3-8,10,17H,9,11-12H2,1-2H3,(H,21,23)/t17-/m0/s1. The summed E-state index contributed by atoms with van der Waals surface area (Å²) in [5.41, 5.74) is 3.56. The Balaban J connectivity index is 1.74. The quantitative estimate of drug-likeness (QED) is 0.938. The van der Waals surface area contributed by atoms with Crippen LogP contribution in [0.25, 0.3) is 0 Å². The van der Waals surface area contributed by atoms with Gasteiger partial charge in [0.15, 0.2) is 0 Å². The van der Waals surface area contributed by atoms with Gasteiger partial charge in [-0.25, -0.2) is 0 Å². The zero-order chi connectivity index (χ0) is 17.1. The number of rotatable bonds is 3. The first-order valence-electron chi connectivity index (χ1n) is 8.09. The number of hydrogen-bond donors (Lipinski definition) is 1. The molecule has 3 rings (SSSR count). The second-order valence-electron chi connectivity index (χ2n) is 6.27. The predicted molar refractivity (Wildman–Crippen MR) is 91.7 cm³/mol. The molecule has 124 valence electrons. The van der Waals surface area contributed by atoms with E-state index in [1.54, 1.807) is 11.1 Å². The molecule has 1 fully saturated rings. The summed E-state index contributed by atoms with van der Waals surface area (Å²) in [6.45, 7) is 4.44. The summed E-state index contributed by atoms with van der Waals surface area (Å²) in [6.07, 6.45) is 2.30. The summed E-state index contributed by atoms with van der Waals surface area (Å²) in [5, 5.41) is 2.97. The Bertz CT molecular complexity index is 758. The van der Waals surface area contributed by atoms with E-state index in [-0.39, 0.29) is 24.4 Å². The van der Waals surface area contributed by atoms with Crippen LogP contribution in [0, 0.1) is 13.8 Å². The summed E-state index contributed by atoms with van der Waals surface area (Å²) < 4.78 is 0. The highest BCUT2D eigenvalue weighted by atomic mass is 16.2. The molecule has 0 aliphatic carbocycles. The first kappa shape index (κ1) is 16.2. The van der Waals surface area contributed by atoms with Crippen molar-refractivity contribution in [2.24, 2.45) is 0 Å². The molecule has 0 bridgehead atoms. The van der Waals surface area contributed by atoms with Gasteiger partial charge in [-0.15, -0.1) is 0 Å². The van der Waals surface area contributed by atoms with Crippen molar-refractivity contribution in [2.45, 2.75) is 26.3 Å². The molecular weight excluding hydrogens is 302 g/mol. The molecule has 5 heteroatoms. The van der Waals surface area contributed by atoms with Crippen LogP contribution in [0.15, 0.2) is 42.6 Å². The van der Waals surface area contributed by atoms with Crippen molar-refractivity contribution in [1.29, 1.82) is 0 Å². The number of carbonyl (C=O) groups excluding carboxylic acids is 2. The van der Waals surface area contributed by atoms with Gasteiger partial charge >= 0.3 is 0 Å². The minimum Gasteiger partial charge on any atom is -0.350 e. The number of carbonyl (C=O) groups is 2. The Morgan fingerprint density at radius 3 is 2.75 bits per heavy atom.